The van der Waals surface area contributed by atoms with Crippen molar-refractivity contribution >= 4 is 110 Å². The Balaban J connectivity index is 0.698. The van der Waals surface area contributed by atoms with Gasteiger partial charge in [0.05, 0.1) is 50.0 Å². The first-order chi connectivity index (χ1) is 50.6. The van der Waals surface area contributed by atoms with Gasteiger partial charge in [-0.3, -0.25) is 0 Å². The van der Waals surface area contributed by atoms with Crippen molar-refractivity contribution < 1.29 is 0 Å². The summed E-state index contributed by atoms with van der Waals surface area (Å²) in [5, 5.41) is 12.3. The first-order valence-corrected chi connectivity index (χ1v) is 35.6. The fraction of sp³-hybridized carbons (Fsp3) is 0.0204. The highest BCUT2D eigenvalue weighted by Crippen LogP contribution is 2.65. The molecule has 2 aliphatic carbocycles. The SMILES string of the molecule is c1ccc2c(c1)-c1cc(N(c3ccc(-c4cccc5c4c4cccc6c4n5-c4ccccc4C64c5ccccc5-c5c(N(c6ccc7ccccc7c6)c6ccc7ccccc7c6)cccc54)cc3)c3ccc4ccccc4c3)ccc1C21c2ccccc2-n2c3ccccc3c3cccc1c32. The van der Waals surface area contributed by atoms with Crippen LogP contribution in [0.1, 0.15) is 44.5 Å². The summed E-state index contributed by atoms with van der Waals surface area (Å²) in [6, 6.07) is 138. The second-order valence-corrected chi connectivity index (χ2v) is 28.2. The molecular weight excluding hydrogens is 1230 g/mol. The summed E-state index contributed by atoms with van der Waals surface area (Å²) in [4.78, 5) is 4.98. The molecule has 4 heteroatoms. The van der Waals surface area contributed by atoms with Crippen molar-refractivity contribution in [3.8, 4) is 44.8 Å². The molecule has 0 saturated heterocycles. The van der Waals surface area contributed by atoms with Crippen molar-refractivity contribution in [1.82, 2.24) is 9.13 Å². The summed E-state index contributed by atoms with van der Waals surface area (Å²) in [5.41, 5.74) is 30.5. The number of hydrogen-bond donors (Lipinski definition) is 0. The molecular formula is C98H60N4. The van der Waals surface area contributed by atoms with E-state index in [1.165, 1.54) is 160 Å². The van der Waals surface area contributed by atoms with E-state index >= 15 is 0 Å². The van der Waals surface area contributed by atoms with Crippen LogP contribution in [0.4, 0.5) is 34.1 Å². The van der Waals surface area contributed by atoms with Crippen molar-refractivity contribution in [2.45, 2.75) is 10.8 Å². The predicted molar refractivity (Wildman–Crippen MR) is 424 cm³/mol. The maximum Gasteiger partial charge on any atom is 0.0755 e. The van der Waals surface area contributed by atoms with Crippen molar-refractivity contribution in [3.05, 3.63) is 408 Å². The lowest BCUT2D eigenvalue weighted by molar-refractivity contribution is 0.748. The molecule has 19 aromatic rings. The summed E-state index contributed by atoms with van der Waals surface area (Å²) in [6.07, 6.45) is 0. The maximum atomic E-state index is 2.59. The quantitative estimate of drug-likeness (QED) is 0.158. The molecule has 0 radical (unpaired) electrons. The Labute approximate surface area is 589 Å². The van der Waals surface area contributed by atoms with Gasteiger partial charge in [-0.15, -0.1) is 0 Å². The molecule has 0 saturated carbocycles. The molecule has 23 rings (SSSR count). The third kappa shape index (κ3) is 7.24. The molecule has 2 unspecified atom stereocenters. The van der Waals surface area contributed by atoms with Crippen LogP contribution in [-0.2, 0) is 10.8 Å². The zero-order valence-electron chi connectivity index (χ0n) is 55.4. The zero-order chi connectivity index (χ0) is 66.5. The lowest BCUT2D eigenvalue weighted by atomic mass is 9.65. The van der Waals surface area contributed by atoms with Crippen molar-refractivity contribution in [3.63, 3.8) is 0 Å². The van der Waals surface area contributed by atoms with Crippen LogP contribution in [-0.4, -0.2) is 9.13 Å². The van der Waals surface area contributed by atoms with E-state index < -0.39 is 10.8 Å². The van der Waals surface area contributed by atoms with Crippen LogP contribution in [0.25, 0.3) is 121 Å². The van der Waals surface area contributed by atoms with E-state index in [0.717, 1.165) is 39.7 Å². The van der Waals surface area contributed by atoms with E-state index in [4.69, 9.17) is 0 Å². The fourth-order valence-corrected chi connectivity index (χ4v) is 19.4. The highest BCUT2D eigenvalue weighted by Gasteiger charge is 2.53. The Hall–Kier alpha value is -13.3. The number of fused-ring (bicyclic) bond motifs is 27. The van der Waals surface area contributed by atoms with Gasteiger partial charge in [0, 0.05) is 55.5 Å². The predicted octanol–water partition coefficient (Wildman–Crippen LogP) is 25.3. The Morgan fingerprint density at radius 3 is 1.29 bits per heavy atom. The summed E-state index contributed by atoms with van der Waals surface area (Å²) in [6.45, 7) is 0. The lowest BCUT2D eigenvalue weighted by Crippen LogP contribution is -2.33. The molecule has 4 nitrogen and oxygen atoms in total. The summed E-state index contributed by atoms with van der Waals surface area (Å²) < 4.78 is 5.11. The molecule has 0 amide bonds. The summed E-state index contributed by atoms with van der Waals surface area (Å²) in [5.74, 6) is 0. The molecule has 0 bridgehead atoms. The molecule has 2 aromatic heterocycles. The normalized spacial score (nSPS) is 15.5. The van der Waals surface area contributed by atoms with E-state index in [2.05, 4.69) is 383 Å². The van der Waals surface area contributed by atoms with Gasteiger partial charge >= 0.3 is 0 Å². The smallest absolute Gasteiger partial charge is 0.0755 e. The number of anilines is 6. The highest BCUT2D eigenvalue weighted by atomic mass is 15.2. The minimum Gasteiger partial charge on any atom is -0.310 e. The van der Waals surface area contributed by atoms with Crippen molar-refractivity contribution in [2.75, 3.05) is 9.80 Å². The standard InChI is InChI=1S/C98H60N4/c1-4-24-65-57-69(52-45-61(65)21-1)99(72-55-56-82-79(60-72)74-27-7-10-33-80(74)97(82)83-35-12-15-41-89(83)101-88-40-14-9-28-75(88)76-31-17-38-86(97)95(76)101)68-50-48-64(49-51-68)73-30-19-43-91-93(73)78-32-18-39-87-96(78)102(91)90-42-16-13-36-84(90)98(87)81-34-11-8-29-77(81)94-85(98)37-20-44-92(94)100(70-53-46-62-22-2-5-25-66(62)58-70)71-54-47-63-23-3-6-26-67(63)59-71/h1-60H. The van der Waals surface area contributed by atoms with Crippen LogP contribution in [0.2, 0.25) is 0 Å². The van der Waals surface area contributed by atoms with E-state index in [1.807, 2.05) is 0 Å². The van der Waals surface area contributed by atoms with Crippen molar-refractivity contribution in [1.29, 1.82) is 0 Å². The third-order valence-electron chi connectivity index (χ3n) is 23.4. The second kappa shape index (κ2) is 20.7. The van der Waals surface area contributed by atoms with E-state index in [-0.39, 0.29) is 0 Å². The molecule has 0 N–H and O–H groups in total. The van der Waals surface area contributed by atoms with Gasteiger partial charge in [0.2, 0.25) is 0 Å². The molecule has 2 aliphatic heterocycles. The zero-order valence-corrected chi connectivity index (χ0v) is 55.4. The molecule has 472 valence electrons. The molecule has 2 spiro atoms. The van der Waals surface area contributed by atoms with Crippen LogP contribution in [0, 0.1) is 0 Å². The monoisotopic (exact) mass is 1290 g/mol. The van der Waals surface area contributed by atoms with Gasteiger partial charge in [-0.05, 0) is 196 Å². The maximum absolute atomic E-state index is 2.59. The first-order valence-electron chi connectivity index (χ1n) is 35.6. The van der Waals surface area contributed by atoms with E-state index in [1.54, 1.807) is 0 Å². The average Bonchev–Trinajstić information content (AvgIpc) is 1.49. The molecule has 4 aliphatic rings. The van der Waals surface area contributed by atoms with E-state index in [0.29, 0.717) is 0 Å². The Bertz CT molecular complexity index is 6790. The average molecular weight is 1290 g/mol. The second-order valence-electron chi connectivity index (χ2n) is 28.2. The van der Waals surface area contributed by atoms with Gasteiger partial charge in [-0.25, -0.2) is 0 Å². The number of nitrogens with zero attached hydrogens (tertiary/aromatic N) is 4. The van der Waals surface area contributed by atoms with Gasteiger partial charge in [0.1, 0.15) is 0 Å². The minimum absolute atomic E-state index is 0.553. The summed E-state index contributed by atoms with van der Waals surface area (Å²) in [7, 11) is 0. The third-order valence-corrected chi connectivity index (χ3v) is 23.4. The molecule has 0 fully saturated rings. The number of hydrogen-bond acceptors (Lipinski definition) is 2. The number of rotatable bonds is 7. The Kier molecular flexibility index (Phi) is 11.3. The molecule has 4 heterocycles. The molecule has 102 heavy (non-hydrogen) atoms. The Morgan fingerprint density at radius 2 is 0.637 bits per heavy atom. The number of aromatic nitrogens is 2. The fourth-order valence-electron chi connectivity index (χ4n) is 19.4. The van der Waals surface area contributed by atoms with Crippen LogP contribution in [0.3, 0.4) is 0 Å². The first kappa shape index (κ1) is 55.7. The Morgan fingerprint density at radius 1 is 0.225 bits per heavy atom. The lowest BCUT2D eigenvalue weighted by Gasteiger charge is -2.39. The van der Waals surface area contributed by atoms with Gasteiger partial charge in [-0.2, -0.15) is 0 Å². The van der Waals surface area contributed by atoms with Crippen LogP contribution in [0.15, 0.2) is 364 Å². The van der Waals surface area contributed by atoms with Gasteiger partial charge in [-0.1, -0.05) is 273 Å². The van der Waals surface area contributed by atoms with Gasteiger partial charge in [0.25, 0.3) is 0 Å². The van der Waals surface area contributed by atoms with Crippen LogP contribution >= 0.6 is 0 Å². The van der Waals surface area contributed by atoms with Gasteiger partial charge < -0.3 is 18.9 Å². The largest absolute Gasteiger partial charge is 0.310 e. The molecule has 17 aromatic carbocycles. The van der Waals surface area contributed by atoms with Crippen molar-refractivity contribution in [2.24, 2.45) is 0 Å². The van der Waals surface area contributed by atoms with Gasteiger partial charge in [0.15, 0.2) is 0 Å². The topological polar surface area (TPSA) is 16.3 Å². The minimum atomic E-state index is -0.661. The highest BCUT2D eigenvalue weighted by molar-refractivity contribution is 6.19. The number of benzene rings is 17. The van der Waals surface area contributed by atoms with E-state index in [9.17, 15) is 0 Å². The molecule has 2 atom stereocenters. The van der Waals surface area contributed by atoms with Crippen LogP contribution < -0.4 is 9.80 Å². The summed E-state index contributed by atoms with van der Waals surface area (Å²) >= 11 is 0. The van der Waals surface area contributed by atoms with Crippen LogP contribution in [0.5, 0.6) is 0 Å². The number of para-hydroxylation sites is 5.